The van der Waals surface area contributed by atoms with Crippen molar-refractivity contribution in [2.24, 2.45) is 17.6 Å². The second kappa shape index (κ2) is 8.21. The van der Waals surface area contributed by atoms with Crippen molar-refractivity contribution >= 4 is 11.8 Å². The van der Waals surface area contributed by atoms with Gasteiger partial charge in [0.2, 0.25) is 11.8 Å². The Morgan fingerprint density at radius 2 is 1.67 bits per heavy atom. The van der Waals surface area contributed by atoms with E-state index in [0.29, 0.717) is 18.9 Å². The second-order valence-electron chi connectivity index (χ2n) is 9.09. The lowest BCUT2D eigenvalue weighted by Gasteiger charge is -2.42. The van der Waals surface area contributed by atoms with Crippen LogP contribution in [0.3, 0.4) is 0 Å². The van der Waals surface area contributed by atoms with Gasteiger partial charge in [0.15, 0.2) is 11.6 Å². The maximum atomic E-state index is 14.0. The predicted octanol–water partition coefficient (Wildman–Crippen LogP) is 2.66. The van der Waals surface area contributed by atoms with Crippen LogP contribution in [-0.2, 0) is 16.0 Å². The second-order valence-corrected chi connectivity index (χ2v) is 9.09. The fourth-order valence-corrected chi connectivity index (χ4v) is 5.03. The van der Waals surface area contributed by atoms with E-state index >= 15 is 0 Å². The SMILES string of the molecule is C[C@H](NC(=O)C1CC1)C(=O)N1[C@@H]2CC[C@H]1CC([C@H](N)Cc1cc(F)c(F)cc1F)C2. The number of nitrogens with two attached hydrogens (primary N) is 1. The molecule has 1 aliphatic carbocycles. The molecule has 0 radical (unpaired) electrons. The summed E-state index contributed by atoms with van der Waals surface area (Å²) < 4.78 is 40.6. The highest BCUT2D eigenvalue weighted by Crippen LogP contribution is 2.40. The van der Waals surface area contributed by atoms with Crippen LogP contribution in [-0.4, -0.2) is 40.9 Å². The molecule has 2 saturated heterocycles. The van der Waals surface area contributed by atoms with Gasteiger partial charge in [-0.3, -0.25) is 9.59 Å². The number of benzene rings is 1. The Bertz CT molecular complexity index is 831. The molecule has 2 aliphatic heterocycles. The first-order chi connectivity index (χ1) is 14.2. The summed E-state index contributed by atoms with van der Waals surface area (Å²) in [6.07, 6.45) is 5.04. The smallest absolute Gasteiger partial charge is 0.245 e. The summed E-state index contributed by atoms with van der Waals surface area (Å²) in [5.41, 5.74) is 6.41. The lowest BCUT2D eigenvalue weighted by molar-refractivity contribution is -0.140. The van der Waals surface area contributed by atoms with Crippen LogP contribution in [0.2, 0.25) is 0 Å². The van der Waals surface area contributed by atoms with Gasteiger partial charge in [-0.15, -0.1) is 0 Å². The van der Waals surface area contributed by atoms with Crippen molar-refractivity contribution in [3.8, 4) is 0 Å². The normalized spacial score (nSPS) is 27.6. The molecule has 3 fully saturated rings. The topological polar surface area (TPSA) is 75.4 Å². The molecule has 2 bridgehead atoms. The molecular formula is C22H28F3N3O2. The average molecular weight is 423 g/mol. The van der Waals surface area contributed by atoms with E-state index < -0.39 is 29.5 Å². The zero-order chi connectivity index (χ0) is 21.6. The van der Waals surface area contributed by atoms with Gasteiger partial charge < -0.3 is 16.0 Å². The van der Waals surface area contributed by atoms with E-state index in [1.54, 1.807) is 6.92 Å². The summed E-state index contributed by atoms with van der Waals surface area (Å²) in [6.45, 7) is 1.73. The van der Waals surface area contributed by atoms with Crippen molar-refractivity contribution in [1.82, 2.24) is 10.2 Å². The number of amides is 2. The third-order valence-electron chi connectivity index (χ3n) is 6.85. The summed E-state index contributed by atoms with van der Waals surface area (Å²) in [6, 6.07) is 0.561. The van der Waals surface area contributed by atoms with Gasteiger partial charge in [-0.25, -0.2) is 13.2 Å². The predicted molar refractivity (Wildman–Crippen MR) is 105 cm³/mol. The first-order valence-electron chi connectivity index (χ1n) is 10.8. The van der Waals surface area contributed by atoms with E-state index in [1.807, 2.05) is 4.90 Å². The Labute approximate surface area is 174 Å². The van der Waals surface area contributed by atoms with E-state index in [2.05, 4.69) is 5.32 Å². The number of nitrogens with one attached hydrogen (secondary N) is 1. The number of carbonyl (C=O) groups is 2. The summed E-state index contributed by atoms with van der Waals surface area (Å²) in [5, 5.41) is 2.83. The first-order valence-corrected chi connectivity index (χ1v) is 10.8. The van der Waals surface area contributed by atoms with Crippen LogP contribution in [0, 0.1) is 29.3 Å². The van der Waals surface area contributed by atoms with Gasteiger partial charge in [-0.05, 0) is 69.4 Å². The molecule has 30 heavy (non-hydrogen) atoms. The molecule has 1 unspecified atom stereocenters. The Hall–Kier alpha value is -2.09. The maximum Gasteiger partial charge on any atom is 0.245 e. The number of rotatable bonds is 6. The van der Waals surface area contributed by atoms with E-state index in [4.69, 9.17) is 5.73 Å². The monoisotopic (exact) mass is 423 g/mol. The van der Waals surface area contributed by atoms with Crippen LogP contribution >= 0.6 is 0 Å². The maximum absolute atomic E-state index is 14.0. The minimum absolute atomic E-state index is 0.0439. The number of piperidine rings is 1. The van der Waals surface area contributed by atoms with Gasteiger partial charge in [0.05, 0.1) is 0 Å². The molecule has 0 spiro atoms. The Morgan fingerprint density at radius 1 is 1.07 bits per heavy atom. The molecule has 164 valence electrons. The molecule has 1 saturated carbocycles. The van der Waals surface area contributed by atoms with Gasteiger partial charge in [0.25, 0.3) is 0 Å². The van der Waals surface area contributed by atoms with Crippen LogP contribution in [0.1, 0.15) is 51.0 Å². The van der Waals surface area contributed by atoms with Crippen molar-refractivity contribution in [3.05, 3.63) is 35.1 Å². The highest BCUT2D eigenvalue weighted by molar-refractivity contribution is 5.89. The van der Waals surface area contributed by atoms with Gasteiger partial charge >= 0.3 is 0 Å². The van der Waals surface area contributed by atoms with Gasteiger partial charge in [0, 0.05) is 30.1 Å². The molecule has 1 aromatic carbocycles. The standard InChI is InChI=1S/C22H28F3N3O2/c1-11(27-21(29)12-2-3-12)22(30)28-15-4-5-16(28)7-14(6-15)20(26)9-13-8-18(24)19(25)10-17(13)23/h8,10-12,14-16,20H,2-7,9,26H2,1H3,(H,27,29)/t11-,14?,15-,16+,20+/m0/s1. The van der Waals surface area contributed by atoms with E-state index in [0.717, 1.165) is 31.7 Å². The molecule has 3 aliphatic rings. The van der Waals surface area contributed by atoms with E-state index in [-0.39, 0.29) is 47.7 Å². The zero-order valence-electron chi connectivity index (χ0n) is 17.0. The third kappa shape index (κ3) is 4.19. The quantitative estimate of drug-likeness (QED) is 0.691. The lowest BCUT2D eigenvalue weighted by Crippen LogP contribution is -2.55. The molecule has 5 nitrogen and oxygen atoms in total. The van der Waals surface area contributed by atoms with Crippen molar-refractivity contribution in [2.75, 3.05) is 0 Å². The van der Waals surface area contributed by atoms with Crippen LogP contribution in [0.4, 0.5) is 13.2 Å². The van der Waals surface area contributed by atoms with Crippen LogP contribution < -0.4 is 11.1 Å². The van der Waals surface area contributed by atoms with E-state index in [1.165, 1.54) is 0 Å². The van der Waals surface area contributed by atoms with Crippen molar-refractivity contribution < 1.29 is 22.8 Å². The lowest BCUT2D eigenvalue weighted by atomic mass is 9.82. The molecule has 2 heterocycles. The third-order valence-corrected chi connectivity index (χ3v) is 6.85. The number of hydrogen-bond acceptors (Lipinski definition) is 3. The van der Waals surface area contributed by atoms with Gasteiger partial charge in [-0.2, -0.15) is 0 Å². The number of fused-ring (bicyclic) bond motifs is 2. The molecular weight excluding hydrogens is 395 g/mol. The summed E-state index contributed by atoms with van der Waals surface area (Å²) in [7, 11) is 0. The van der Waals surface area contributed by atoms with Gasteiger partial charge in [0.1, 0.15) is 11.9 Å². The Balaban J connectivity index is 1.38. The molecule has 4 rings (SSSR count). The first kappa shape index (κ1) is 21.2. The Kier molecular flexibility index (Phi) is 5.79. The summed E-state index contributed by atoms with van der Waals surface area (Å²) in [5.74, 6) is -3.07. The molecule has 5 atom stereocenters. The summed E-state index contributed by atoms with van der Waals surface area (Å²) in [4.78, 5) is 26.9. The number of hydrogen-bond donors (Lipinski definition) is 2. The van der Waals surface area contributed by atoms with Crippen LogP contribution in [0.5, 0.6) is 0 Å². The van der Waals surface area contributed by atoms with Crippen LogP contribution in [0.25, 0.3) is 0 Å². The van der Waals surface area contributed by atoms with Crippen LogP contribution in [0.15, 0.2) is 12.1 Å². The highest BCUT2D eigenvalue weighted by Gasteiger charge is 2.46. The fourth-order valence-electron chi connectivity index (χ4n) is 5.03. The van der Waals surface area contributed by atoms with Crippen molar-refractivity contribution in [1.29, 1.82) is 0 Å². The fraction of sp³-hybridized carbons (Fsp3) is 0.636. The largest absolute Gasteiger partial charge is 0.344 e. The zero-order valence-corrected chi connectivity index (χ0v) is 17.0. The molecule has 8 heteroatoms. The number of halogens is 3. The van der Waals surface area contributed by atoms with E-state index in [9.17, 15) is 22.8 Å². The highest BCUT2D eigenvalue weighted by atomic mass is 19.2. The molecule has 2 amide bonds. The van der Waals surface area contributed by atoms with Crippen molar-refractivity contribution in [3.63, 3.8) is 0 Å². The molecule has 0 aromatic heterocycles. The van der Waals surface area contributed by atoms with Gasteiger partial charge in [-0.1, -0.05) is 0 Å². The number of nitrogens with zero attached hydrogens (tertiary/aromatic N) is 1. The molecule has 3 N–H and O–H groups in total. The average Bonchev–Trinajstić information content (AvgIpc) is 3.51. The van der Waals surface area contributed by atoms with Crippen molar-refractivity contribution in [2.45, 2.75) is 76.0 Å². The molecule has 1 aromatic rings. The minimum atomic E-state index is -1.21. The Morgan fingerprint density at radius 3 is 2.27 bits per heavy atom. The summed E-state index contributed by atoms with van der Waals surface area (Å²) >= 11 is 0. The number of carbonyl (C=O) groups excluding carboxylic acids is 2. The minimum Gasteiger partial charge on any atom is -0.344 e.